The predicted octanol–water partition coefficient (Wildman–Crippen LogP) is 13.6. The third-order valence-electron chi connectivity index (χ3n) is 9.79. The summed E-state index contributed by atoms with van der Waals surface area (Å²) in [6, 6.07) is 63.9. The van der Waals surface area contributed by atoms with E-state index in [1.807, 2.05) is 11.3 Å². The highest BCUT2D eigenvalue weighted by Crippen LogP contribution is 2.42. The van der Waals surface area contributed by atoms with E-state index in [1.54, 1.807) is 0 Å². The molecule has 1 aliphatic carbocycles. The molecule has 1 atom stereocenters. The molecule has 8 aromatic rings. The molecule has 0 aliphatic heterocycles. The van der Waals surface area contributed by atoms with Gasteiger partial charge in [-0.3, -0.25) is 0 Å². The maximum atomic E-state index is 2.53. The number of thiophene rings is 1. The van der Waals surface area contributed by atoms with Crippen molar-refractivity contribution in [3.05, 3.63) is 200 Å². The van der Waals surface area contributed by atoms with Gasteiger partial charge in [0.15, 0.2) is 0 Å². The summed E-state index contributed by atoms with van der Waals surface area (Å²) in [7, 11) is 0. The number of nitrogens with zero attached hydrogens (tertiary/aromatic N) is 1. The molecule has 0 radical (unpaired) electrons. The first-order chi connectivity index (χ1) is 24.8. The summed E-state index contributed by atoms with van der Waals surface area (Å²) in [6.07, 6.45) is 8.08. The minimum Gasteiger partial charge on any atom is -0.334 e. The lowest BCUT2D eigenvalue weighted by atomic mass is 9.93. The van der Waals surface area contributed by atoms with Gasteiger partial charge in [-0.15, -0.1) is 11.3 Å². The van der Waals surface area contributed by atoms with Crippen LogP contribution in [0.1, 0.15) is 12.0 Å². The summed E-state index contributed by atoms with van der Waals surface area (Å²) in [5.74, 6) is 0. The van der Waals surface area contributed by atoms with Gasteiger partial charge in [0, 0.05) is 31.5 Å². The standard InChI is InChI=1S/C48H35NS/c1-4-13-34(14-5-1)37-23-27-41(28-24-37)49(43-32-39(35-15-6-2-7-16-35)31-40(33-43)36-17-8-3-9-18-36)42-29-25-38(26-30-42)44-20-12-21-46-45-19-10-11-22-47(45)50-48(44)46/h1-29,31-33,42H,30H2. The van der Waals surface area contributed by atoms with Crippen LogP contribution in [0.15, 0.2) is 194 Å². The number of anilines is 2. The monoisotopic (exact) mass is 657 g/mol. The van der Waals surface area contributed by atoms with E-state index in [-0.39, 0.29) is 6.04 Å². The molecule has 1 unspecified atom stereocenters. The van der Waals surface area contributed by atoms with Crippen molar-refractivity contribution < 1.29 is 0 Å². The molecule has 9 rings (SSSR count). The first-order valence-electron chi connectivity index (χ1n) is 17.3. The Bertz CT molecular complexity index is 2430. The molecule has 0 saturated carbocycles. The van der Waals surface area contributed by atoms with Gasteiger partial charge in [0.2, 0.25) is 0 Å². The molecule has 0 spiro atoms. The number of rotatable bonds is 7. The Labute approximate surface area is 297 Å². The third-order valence-corrected chi connectivity index (χ3v) is 11.0. The smallest absolute Gasteiger partial charge is 0.0560 e. The van der Waals surface area contributed by atoms with Crippen molar-refractivity contribution in [2.45, 2.75) is 12.5 Å². The molecule has 0 N–H and O–H groups in total. The van der Waals surface area contributed by atoms with Gasteiger partial charge in [-0.05, 0) is 87.3 Å². The number of hydrogen-bond donors (Lipinski definition) is 0. The highest BCUT2D eigenvalue weighted by atomic mass is 32.1. The molecule has 7 aromatic carbocycles. The highest BCUT2D eigenvalue weighted by molar-refractivity contribution is 7.26. The molecule has 50 heavy (non-hydrogen) atoms. The van der Waals surface area contributed by atoms with Gasteiger partial charge >= 0.3 is 0 Å². The summed E-state index contributed by atoms with van der Waals surface area (Å²) in [5.41, 5.74) is 12.2. The van der Waals surface area contributed by atoms with E-state index in [1.165, 1.54) is 76.1 Å². The fourth-order valence-electron chi connectivity index (χ4n) is 7.30. The Hall–Kier alpha value is -5.96. The van der Waals surface area contributed by atoms with Gasteiger partial charge in [-0.25, -0.2) is 0 Å². The van der Waals surface area contributed by atoms with E-state index in [2.05, 4.69) is 199 Å². The third kappa shape index (κ3) is 5.74. The minimum absolute atomic E-state index is 0.137. The fraction of sp³-hybridized carbons (Fsp3) is 0.0417. The van der Waals surface area contributed by atoms with Crippen LogP contribution in [-0.2, 0) is 0 Å². The van der Waals surface area contributed by atoms with Crippen LogP contribution < -0.4 is 4.90 Å². The van der Waals surface area contributed by atoms with E-state index in [9.17, 15) is 0 Å². The van der Waals surface area contributed by atoms with Crippen molar-refractivity contribution in [3.63, 3.8) is 0 Å². The molecule has 1 aliphatic rings. The number of hydrogen-bond acceptors (Lipinski definition) is 2. The molecule has 0 saturated heterocycles. The fourth-order valence-corrected chi connectivity index (χ4v) is 8.53. The average Bonchev–Trinajstić information content (AvgIpc) is 3.59. The minimum atomic E-state index is 0.137. The summed E-state index contributed by atoms with van der Waals surface area (Å²) in [6.45, 7) is 0. The summed E-state index contributed by atoms with van der Waals surface area (Å²) in [5, 5.41) is 2.68. The van der Waals surface area contributed by atoms with E-state index in [0.717, 1.165) is 6.42 Å². The molecule has 0 bridgehead atoms. The number of fused-ring (bicyclic) bond motifs is 3. The molecule has 1 aromatic heterocycles. The van der Waals surface area contributed by atoms with E-state index < -0.39 is 0 Å². The lowest BCUT2D eigenvalue weighted by Gasteiger charge is -2.34. The first-order valence-corrected chi connectivity index (χ1v) is 18.1. The predicted molar refractivity (Wildman–Crippen MR) is 216 cm³/mol. The van der Waals surface area contributed by atoms with E-state index >= 15 is 0 Å². The van der Waals surface area contributed by atoms with Crippen LogP contribution in [0.3, 0.4) is 0 Å². The van der Waals surface area contributed by atoms with Crippen LogP contribution in [0.25, 0.3) is 59.1 Å². The van der Waals surface area contributed by atoms with Gasteiger partial charge in [0.1, 0.15) is 0 Å². The average molecular weight is 658 g/mol. The lowest BCUT2D eigenvalue weighted by Crippen LogP contribution is -2.30. The van der Waals surface area contributed by atoms with Gasteiger partial charge in [0.05, 0.1) is 6.04 Å². The SMILES string of the molecule is C1=CC(N(c2ccc(-c3ccccc3)cc2)c2cc(-c3ccccc3)cc(-c3ccccc3)c2)CC=C1c1cccc2c1sc1ccccc12. The number of benzene rings is 7. The largest absolute Gasteiger partial charge is 0.334 e. The van der Waals surface area contributed by atoms with Crippen molar-refractivity contribution in [2.24, 2.45) is 0 Å². The van der Waals surface area contributed by atoms with Crippen LogP contribution in [0, 0.1) is 0 Å². The topological polar surface area (TPSA) is 3.24 Å². The van der Waals surface area contributed by atoms with Crippen molar-refractivity contribution in [3.8, 4) is 33.4 Å². The number of allylic oxidation sites excluding steroid dienone is 2. The zero-order chi connectivity index (χ0) is 33.3. The Kier molecular flexibility index (Phi) is 7.93. The molecule has 0 amide bonds. The quantitative estimate of drug-likeness (QED) is 0.165. The summed E-state index contributed by atoms with van der Waals surface area (Å²) in [4.78, 5) is 2.53. The van der Waals surface area contributed by atoms with Gasteiger partial charge in [-0.2, -0.15) is 0 Å². The summed E-state index contributed by atoms with van der Waals surface area (Å²) < 4.78 is 2.70. The van der Waals surface area contributed by atoms with Gasteiger partial charge < -0.3 is 4.90 Å². The Morgan fingerprint density at radius 2 is 1.02 bits per heavy atom. The van der Waals surface area contributed by atoms with Crippen molar-refractivity contribution in [1.82, 2.24) is 0 Å². The second kappa shape index (κ2) is 13.2. The van der Waals surface area contributed by atoms with Crippen LogP contribution in [0.2, 0.25) is 0 Å². The zero-order valence-corrected chi connectivity index (χ0v) is 28.4. The Morgan fingerprint density at radius 1 is 0.460 bits per heavy atom. The first kappa shape index (κ1) is 30.1. The van der Waals surface area contributed by atoms with E-state index in [0.29, 0.717) is 0 Å². The van der Waals surface area contributed by atoms with Crippen molar-refractivity contribution in [2.75, 3.05) is 4.90 Å². The maximum Gasteiger partial charge on any atom is 0.0560 e. The van der Waals surface area contributed by atoms with Crippen LogP contribution in [0.5, 0.6) is 0 Å². The van der Waals surface area contributed by atoms with Crippen LogP contribution in [-0.4, -0.2) is 6.04 Å². The molecule has 238 valence electrons. The normalized spacial score (nSPS) is 14.2. The van der Waals surface area contributed by atoms with E-state index in [4.69, 9.17) is 0 Å². The molecular formula is C48H35NS. The lowest BCUT2D eigenvalue weighted by molar-refractivity contribution is 0.787. The second-order valence-electron chi connectivity index (χ2n) is 12.9. The molecule has 0 fully saturated rings. The Balaban J connectivity index is 1.15. The molecule has 1 nitrogen and oxygen atoms in total. The van der Waals surface area contributed by atoms with Crippen molar-refractivity contribution >= 4 is 48.5 Å². The van der Waals surface area contributed by atoms with Crippen molar-refractivity contribution in [1.29, 1.82) is 0 Å². The zero-order valence-electron chi connectivity index (χ0n) is 27.6. The highest BCUT2D eigenvalue weighted by Gasteiger charge is 2.23. The maximum absolute atomic E-state index is 2.53. The van der Waals surface area contributed by atoms with Gasteiger partial charge in [-0.1, -0.05) is 158 Å². The molecule has 1 heterocycles. The summed E-state index contributed by atoms with van der Waals surface area (Å²) >= 11 is 1.90. The second-order valence-corrected chi connectivity index (χ2v) is 13.9. The Morgan fingerprint density at radius 3 is 1.64 bits per heavy atom. The molecular weight excluding hydrogens is 623 g/mol. The van der Waals surface area contributed by atoms with Crippen LogP contribution in [0.4, 0.5) is 11.4 Å². The van der Waals surface area contributed by atoms with Gasteiger partial charge in [0.25, 0.3) is 0 Å². The van der Waals surface area contributed by atoms with Crippen LogP contribution >= 0.6 is 11.3 Å². The molecule has 2 heteroatoms.